The maximum absolute atomic E-state index is 12.7. The number of halogens is 1. The Kier molecular flexibility index (Phi) is 5.64. The van der Waals surface area contributed by atoms with E-state index < -0.39 is 0 Å². The third kappa shape index (κ3) is 4.27. The third-order valence-electron chi connectivity index (χ3n) is 5.56. The van der Waals surface area contributed by atoms with Crippen molar-refractivity contribution in [2.24, 2.45) is 0 Å². The van der Waals surface area contributed by atoms with Crippen molar-refractivity contribution < 1.29 is 9.59 Å². The molecule has 4 rings (SSSR count). The van der Waals surface area contributed by atoms with Gasteiger partial charge in [0.2, 0.25) is 11.8 Å². The van der Waals surface area contributed by atoms with Gasteiger partial charge in [-0.05, 0) is 43.9 Å². The highest BCUT2D eigenvalue weighted by atomic mass is 35.5. The SMILES string of the molecule is O=C(CN1CCCCCC1=O)N1CCC(c2nc3cc(Cl)ccc3s2)CC1. The minimum atomic E-state index is 0.0831. The van der Waals surface area contributed by atoms with Crippen LogP contribution >= 0.6 is 22.9 Å². The van der Waals surface area contributed by atoms with Gasteiger partial charge in [-0.15, -0.1) is 11.3 Å². The summed E-state index contributed by atoms with van der Waals surface area (Å²) >= 11 is 7.79. The first-order chi connectivity index (χ1) is 13.1. The van der Waals surface area contributed by atoms with Gasteiger partial charge in [0.25, 0.3) is 0 Å². The van der Waals surface area contributed by atoms with Crippen LogP contribution in [0.5, 0.6) is 0 Å². The van der Waals surface area contributed by atoms with E-state index in [1.165, 1.54) is 0 Å². The molecule has 0 unspecified atom stereocenters. The van der Waals surface area contributed by atoms with Crippen molar-refractivity contribution in [2.45, 2.75) is 44.4 Å². The molecule has 0 saturated carbocycles. The van der Waals surface area contributed by atoms with Crippen molar-refractivity contribution in [2.75, 3.05) is 26.2 Å². The molecule has 144 valence electrons. The van der Waals surface area contributed by atoms with E-state index in [9.17, 15) is 9.59 Å². The molecule has 2 amide bonds. The fourth-order valence-corrected chi connectivity index (χ4v) is 5.22. The van der Waals surface area contributed by atoms with Crippen LogP contribution in [0.3, 0.4) is 0 Å². The van der Waals surface area contributed by atoms with Crippen LogP contribution in [0.4, 0.5) is 0 Å². The zero-order valence-electron chi connectivity index (χ0n) is 15.3. The van der Waals surface area contributed by atoms with Crippen LogP contribution in [0.25, 0.3) is 10.2 Å². The smallest absolute Gasteiger partial charge is 0.242 e. The number of carbonyl (C=O) groups excluding carboxylic acids is 2. The van der Waals surface area contributed by atoms with Gasteiger partial charge in [0.05, 0.1) is 21.8 Å². The highest BCUT2D eigenvalue weighted by Crippen LogP contribution is 2.34. The number of benzene rings is 1. The predicted octanol–water partition coefficient (Wildman–Crippen LogP) is 4.06. The number of piperidine rings is 1. The Bertz CT molecular complexity index is 845. The summed E-state index contributed by atoms with van der Waals surface area (Å²) in [5.74, 6) is 0.605. The van der Waals surface area contributed by atoms with Crippen molar-refractivity contribution in [1.82, 2.24) is 14.8 Å². The number of amides is 2. The number of hydrogen-bond acceptors (Lipinski definition) is 4. The Balaban J connectivity index is 1.35. The Morgan fingerprint density at radius 2 is 2.00 bits per heavy atom. The number of hydrogen-bond donors (Lipinski definition) is 0. The first kappa shape index (κ1) is 18.7. The average Bonchev–Trinajstić information content (AvgIpc) is 2.99. The zero-order chi connectivity index (χ0) is 18.8. The molecule has 0 atom stereocenters. The van der Waals surface area contributed by atoms with Crippen molar-refractivity contribution in [3.05, 3.63) is 28.2 Å². The fraction of sp³-hybridized carbons (Fsp3) is 0.550. The molecule has 2 aliphatic heterocycles. The molecule has 27 heavy (non-hydrogen) atoms. The summed E-state index contributed by atoms with van der Waals surface area (Å²) in [7, 11) is 0. The van der Waals surface area contributed by atoms with Gasteiger partial charge in [-0.25, -0.2) is 4.98 Å². The van der Waals surface area contributed by atoms with E-state index in [1.54, 1.807) is 16.2 Å². The van der Waals surface area contributed by atoms with E-state index >= 15 is 0 Å². The van der Waals surface area contributed by atoms with Gasteiger partial charge in [0.15, 0.2) is 0 Å². The summed E-state index contributed by atoms with van der Waals surface area (Å²) < 4.78 is 1.16. The Morgan fingerprint density at radius 3 is 2.81 bits per heavy atom. The molecule has 3 heterocycles. The lowest BCUT2D eigenvalue weighted by Gasteiger charge is -2.32. The van der Waals surface area contributed by atoms with Gasteiger partial charge in [-0.3, -0.25) is 9.59 Å². The van der Waals surface area contributed by atoms with Gasteiger partial charge in [0.1, 0.15) is 0 Å². The number of nitrogens with zero attached hydrogens (tertiary/aromatic N) is 3. The molecule has 7 heteroatoms. The molecule has 0 aliphatic carbocycles. The van der Waals surface area contributed by atoms with Crippen LogP contribution in [-0.4, -0.2) is 52.8 Å². The van der Waals surface area contributed by atoms with Gasteiger partial charge in [-0.2, -0.15) is 0 Å². The molecule has 2 aromatic rings. The molecule has 0 radical (unpaired) electrons. The maximum atomic E-state index is 12.7. The van der Waals surface area contributed by atoms with E-state index in [0.29, 0.717) is 17.4 Å². The lowest BCUT2D eigenvalue weighted by Crippen LogP contribution is -2.45. The van der Waals surface area contributed by atoms with E-state index in [0.717, 1.165) is 67.0 Å². The monoisotopic (exact) mass is 405 g/mol. The van der Waals surface area contributed by atoms with Crippen LogP contribution < -0.4 is 0 Å². The van der Waals surface area contributed by atoms with Gasteiger partial charge >= 0.3 is 0 Å². The highest BCUT2D eigenvalue weighted by molar-refractivity contribution is 7.18. The van der Waals surface area contributed by atoms with E-state index in [4.69, 9.17) is 16.6 Å². The number of fused-ring (bicyclic) bond motifs is 1. The van der Waals surface area contributed by atoms with Gasteiger partial charge < -0.3 is 9.80 Å². The number of carbonyl (C=O) groups is 2. The predicted molar refractivity (Wildman–Crippen MR) is 108 cm³/mol. The van der Waals surface area contributed by atoms with Gasteiger partial charge in [0, 0.05) is 37.0 Å². The standard InChI is InChI=1S/C20H24ClN3O2S/c21-15-5-6-17-16(12-15)22-20(27-17)14-7-10-23(11-8-14)19(26)13-24-9-3-1-2-4-18(24)25/h5-6,12,14H,1-4,7-11,13H2. The van der Waals surface area contributed by atoms with Crippen LogP contribution in [0.1, 0.15) is 49.5 Å². The summed E-state index contributed by atoms with van der Waals surface area (Å²) in [6.07, 6.45) is 5.46. The number of thiazole rings is 1. The molecule has 0 spiro atoms. The molecule has 0 N–H and O–H groups in total. The summed E-state index contributed by atoms with van der Waals surface area (Å²) in [5.41, 5.74) is 0.959. The molecule has 2 fully saturated rings. The Hall–Kier alpha value is -1.66. The van der Waals surface area contributed by atoms with E-state index in [2.05, 4.69) is 0 Å². The van der Waals surface area contributed by atoms with E-state index in [1.807, 2.05) is 23.1 Å². The minimum Gasteiger partial charge on any atom is -0.341 e. The molecule has 0 bridgehead atoms. The topological polar surface area (TPSA) is 53.5 Å². The van der Waals surface area contributed by atoms with Crippen LogP contribution in [0.2, 0.25) is 5.02 Å². The fourth-order valence-electron chi connectivity index (χ4n) is 3.94. The molecule has 2 aliphatic rings. The number of aromatic nitrogens is 1. The zero-order valence-corrected chi connectivity index (χ0v) is 16.9. The second-order valence-electron chi connectivity index (χ2n) is 7.45. The average molecular weight is 406 g/mol. The van der Waals surface area contributed by atoms with Crippen LogP contribution in [-0.2, 0) is 9.59 Å². The summed E-state index contributed by atoms with van der Waals surface area (Å²) in [5, 5.41) is 1.85. The first-order valence-electron chi connectivity index (χ1n) is 9.72. The second kappa shape index (κ2) is 8.15. The van der Waals surface area contributed by atoms with Crippen LogP contribution in [0, 0.1) is 0 Å². The normalized spacial score (nSPS) is 19.5. The van der Waals surface area contributed by atoms with Crippen molar-refractivity contribution >= 4 is 45.0 Å². The molecule has 5 nitrogen and oxygen atoms in total. The lowest BCUT2D eigenvalue weighted by atomic mass is 9.97. The lowest BCUT2D eigenvalue weighted by molar-refractivity contribution is -0.140. The molecule has 1 aromatic carbocycles. The third-order valence-corrected chi connectivity index (χ3v) is 6.99. The summed E-state index contributed by atoms with van der Waals surface area (Å²) in [6.45, 7) is 2.43. The van der Waals surface area contributed by atoms with Crippen LogP contribution in [0.15, 0.2) is 18.2 Å². The second-order valence-corrected chi connectivity index (χ2v) is 8.94. The van der Waals surface area contributed by atoms with Crippen molar-refractivity contribution in [1.29, 1.82) is 0 Å². The Labute approximate surface area is 168 Å². The first-order valence-corrected chi connectivity index (χ1v) is 10.9. The molecular formula is C20H24ClN3O2S. The minimum absolute atomic E-state index is 0.0831. The van der Waals surface area contributed by atoms with Crippen molar-refractivity contribution in [3.8, 4) is 0 Å². The van der Waals surface area contributed by atoms with Crippen molar-refractivity contribution in [3.63, 3.8) is 0 Å². The maximum Gasteiger partial charge on any atom is 0.242 e. The molecule has 1 aromatic heterocycles. The summed E-state index contributed by atoms with van der Waals surface area (Å²) in [6, 6.07) is 5.83. The number of rotatable bonds is 3. The highest BCUT2D eigenvalue weighted by Gasteiger charge is 2.28. The number of likely N-dealkylation sites (tertiary alicyclic amines) is 2. The molecular weight excluding hydrogens is 382 g/mol. The molecule has 2 saturated heterocycles. The van der Waals surface area contributed by atoms with Gasteiger partial charge in [-0.1, -0.05) is 18.0 Å². The van der Waals surface area contributed by atoms with E-state index in [-0.39, 0.29) is 18.4 Å². The Morgan fingerprint density at radius 1 is 1.19 bits per heavy atom. The quantitative estimate of drug-likeness (QED) is 0.773. The summed E-state index contributed by atoms with van der Waals surface area (Å²) in [4.78, 5) is 33.2. The largest absolute Gasteiger partial charge is 0.341 e.